The number of nitrogens with one attached hydrogen (secondary N) is 1. The molecule has 1 saturated carbocycles. The third-order valence-corrected chi connectivity index (χ3v) is 4.52. The normalized spacial score (nSPS) is 25.8. The average Bonchev–Trinajstić information content (AvgIpc) is 3.00. The highest BCUT2D eigenvalue weighted by atomic mass is 16.5. The molecule has 1 aliphatic carbocycles. The van der Waals surface area contributed by atoms with E-state index in [4.69, 9.17) is 9.84 Å². The molecule has 0 bridgehead atoms. The van der Waals surface area contributed by atoms with Gasteiger partial charge in [0.1, 0.15) is 12.3 Å². The Morgan fingerprint density at radius 1 is 1.33 bits per heavy atom. The van der Waals surface area contributed by atoms with E-state index in [1.807, 2.05) is 6.07 Å². The molecule has 24 heavy (non-hydrogen) atoms. The van der Waals surface area contributed by atoms with Crippen molar-refractivity contribution < 1.29 is 24.2 Å². The molecule has 1 aliphatic heterocycles. The van der Waals surface area contributed by atoms with Crippen molar-refractivity contribution in [3.05, 3.63) is 24.3 Å². The molecule has 2 N–H and O–H groups in total. The highest BCUT2D eigenvalue weighted by molar-refractivity contribution is 6.03. The van der Waals surface area contributed by atoms with Crippen molar-refractivity contribution in [3.8, 4) is 5.75 Å². The number of carboxylic acid groups (broad SMARTS) is 1. The number of carbonyl (C=O) groups is 3. The smallest absolute Gasteiger partial charge is 0.306 e. The first-order valence-electron chi connectivity index (χ1n) is 8.05. The maximum absolute atomic E-state index is 12.3. The standard InChI is InChI=1S/C17H20N2O5/c1-10-16(21)19(13-4-2-3-5-14(13)24-10)9-15(20)18-12-7-6-11(8-12)17(22)23/h2-5,10-12H,6-9H2,1H3,(H,18,20)(H,22,23)/t10?,11-,12+/m1/s1. The minimum atomic E-state index is -0.821. The summed E-state index contributed by atoms with van der Waals surface area (Å²) in [6, 6.07) is 6.94. The maximum atomic E-state index is 12.3. The zero-order chi connectivity index (χ0) is 17.3. The lowest BCUT2D eigenvalue weighted by atomic mass is 10.1. The lowest BCUT2D eigenvalue weighted by Crippen LogP contribution is -2.49. The first-order valence-corrected chi connectivity index (χ1v) is 8.05. The maximum Gasteiger partial charge on any atom is 0.306 e. The second-order valence-corrected chi connectivity index (χ2v) is 6.26. The zero-order valence-electron chi connectivity index (χ0n) is 13.4. The molecular weight excluding hydrogens is 312 g/mol. The number of hydrogen-bond acceptors (Lipinski definition) is 4. The van der Waals surface area contributed by atoms with E-state index in [0.29, 0.717) is 30.7 Å². The molecule has 2 amide bonds. The lowest BCUT2D eigenvalue weighted by molar-refractivity contribution is -0.141. The van der Waals surface area contributed by atoms with Crippen LogP contribution < -0.4 is 15.0 Å². The van der Waals surface area contributed by atoms with Crippen molar-refractivity contribution in [1.82, 2.24) is 5.32 Å². The number of aliphatic carboxylic acids is 1. The predicted octanol–water partition coefficient (Wildman–Crippen LogP) is 1.17. The largest absolute Gasteiger partial charge is 0.481 e. The SMILES string of the molecule is CC1Oc2ccccc2N(CC(=O)N[C@H]2CC[C@@H](C(=O)O)C2)C1=O. The number of ether oxygens (including phenoxy) is 1. The number of carbonyl (C=O) groups excluding carboxylic acids is 2. The van der Waals surface area contributed by atoms with Crippen molar-refractivity contribution in [3.63, 3.8) is 0 Å². The van der Waals surface area contributed by atoms with Crippen molar-refractivity contribution >= 4 is 23.5 Å². The van der Waals surface area contributed by atoms with E-state index in [1.54, 1.807) is 25.1 Å². The van der Waals surface area contributed by atoms with Crippen LogP contribution in [0.5, 0.6) is 5.75 Å². The Balaban J connectivity index is 1.66. The molecule has 3 atom stereocenters. The summed E-state index contributed by atoms with van der Waals surface area (Å²) >= 11 is 0. The lowest BCUT2D eigenvalue weighted by Gasteiger charge is -2.32. The van der Waals surface area contributed by atoms with Crippen LogP contribution in [0, 0.1) is 5.92 Å². The summed E-state index contributed by atoms with van der Waals surface area (Å²) in [5.41, 5.74) is 0.575. The van der Waals surface area contributed by atoms with Crippen LogP contribution >= 0.6 is 0 Å². The first-order chi connectivity index (χ1) is 11.5. The zero-order valence-corrected chi connectivity index (χ0v) is 13.4. The average molecular weight is 332 g/mol. The van der Waals surface area contributed by atoms with Gasteiger partial charge in [-0.05, 0) is 38.3 Å². The fraction of sp³-hybridized carbons (Fsp3) is 0.471. The number of hydrogen-bond donors (Lipinski definition) is 2. The third kappa shape index (κ3) is 3.20. The molecule has 0 spiro atoms. The Hall–Kier alpha value is -2.57. The molecule has 2 aliphatic rings. The summed E-state index contributed by atoms with van der Waals surface area (Å²) in [6.45, 7) is 1.55. The molecule has 128 valence electrons. The Morgan fingerprint density at radius 2 is 2.08 bits per heavy atom. The number of carboxylic acids is 1. The van der Waals surface area contributed by atoms with Crippen molar-refractivity contribution in [2.24, 2.45) is 5.92 Å². The van der Waals surface area contributed by atoms with Gasteiger partial charge >= 0.3 is 5.97 Å². The summed E-state index contributed by atoms with van der Waals surface area (Å²) in [4.78, 5) is 37.1. The van der Waals surface area contributed by atoms with Gasteiger partial charge in [0.05, 0.1) is 11.6 Å². The third-order valence-electron chi connectivity index (χ3n) is 4.52. The van der Waals surface area contributed by atoms with E-state index in [2.05, 4.69) is 5.32 Å². The number of nitrogens with zero attached hydrogens (tertiary/aromatic N) is 1. The Morgan fingerprint density at radius 3 is 2.79 bits per heavy atom. The van der Waals surface area contributed by atoms with E-state index >= 15 is 0 Å². The van der Waals surface area contributed by atoms with Gasteiger partial charge < -0.3 is 15.2 Å². The second kappa shape index (κ2) is 6.51. The van der Waals surface area contributed by atoms with E-state index in [9.17, 15) is 14.4 Å². The molecule has 1 aromatic rings. The summed E-state index contributed by atoms with van der Waals surface area (Å²) in [7, 11) is 0. The van der Waals surface area contributed by atoms with Gasteiger partial charge in [0.2, 0.25) is 5.91 Å². The summed E-state index contributed by atoms with van der Waals surface area (Å²) in [5.74, 6) is -1.20. The van der Waals surface area contributed by atoms with Crippen LogP contribution in [0.15, 0.2) is 24.3 Å². The van der Waals surface area contributed by atoms with Gasteiger partial charge in [0.15, 0.2) is 6.10 Å². The number of amides is 2. The quantitative estimate of drug-likeness (QED) is 0.863. The number of rotatable bonds is 4. The molecule has 1 unspecified atom stereocenters. The molecule has 0 saturated heterocycles. The fourth-order valence-electron chi connectivity index (χ4n) is 3.28. The number of para-hydroxylation sites is 2. The van der Waals surface area contributed by atoms with Gasteiger partial charge in [0.25, 0.3) is 5.91 Å². The van der Waals surface area contributed by atoms with Crippen LogP contribution in [0.1, 0.15) is 26.2 Å². The van der Waals surface area contributed by atoms with Crippen LogP contribution in [-0.2, 0) is 14.4 Å². The van der Waals surface area contributed by atoms with Crippen molar-refractivity contribution in [2.75, 3.05) is 11.4 Å². The van der Waals surface area contributed by atoms with Gasteiger partial charge in [-0.2, -0.15) is 0 Å². The van der Waals surface area contributed by atoms with Crippen LogP contribution in [0.3, 0.4) is 0 Å². The van der Waals surface area contributed by atoms with Gasteiger partial charge in [-0.1, -0.05) is 12.1 Å². The number of benzene rings is 1. The summed E-state index contributed by atoms with van der Waals surface area (Å²) < 4.78 is 5.54. The van der Waals surface area contributed by atoms with Gasteiger partial charge in [0, 0.05) is 6.04 Å². The van der Waals surface area contributed by atoms with E-state index in [0.717, 1.165) is 0 Å². The summed E-state index contributed by atoms with van der Waals surface area (Å²) in [5, 5.41) is 11.9. The van der Waals surface area contributed by atoms with E-state index in [-0.39, 0.29) is 24.4 Å². The van der Waals surface area contributed by atoms with E-state index in [1.165, 1.54) is 4.90 Å². The number of fused-ring (bicyclic) bond motifs is 1. The molecule has 0 aromatic heterocycles. The number of anilines is 1. The Bertz CT molecular complexity index is 675. The molecule has 1 aromatic carbocycles. The Kier molecular flexibility index (Phi) is 4.42. The molecule has 1 heterocycles. The molecule has 3 rings (SSSR count). The van der Waals surface area contributed by atoms with Crippen LogP contribution in [0.4, 0.5) is 5.69 Å². The van der Waals surface area contributed by atoms with Crippen LogP contribution in [0.25, 0.3) is 0 Å². The van der Waals surface area contributed by atoms with Crippen molar-refractivity contribution in [2.45, 2.75) is 38.3 Å². The Labute approximate surface area is 139 Å². The highest BCUT2D eigenvalue weighted by Gasteiger charge is 2.34. The molecular formula is C17H20N2O5. The minimum Gasteiger partial charge on any atom is -0.481 e. The van der Waals surface area contributed by atoms with Gasteiger partial charge in [-0.3, -0.25) is 19.3 Å². The monoisotopic (exact) mass is 332 g/mol. The first kappa shape index (κ1) is 16.3. The van der Waals surface area contributed by atoms with E-state index < -0.39 is 18.0 Å². The molecule has 7 heteroatoms. The van der Waals surface area contributed by atoms with Gasteiger partial charge in [-0.25, -0.2) is 0 Å². The minimum absolute atomic E-state index is 0.0994. The van der Waals surface area contributed by atoms with Gasteiger partial charge in [-0.15, -0.1) is 0 Å². The predicted molar refractivity (Wildman–Crippen MR) is 85.8 cm³/mol. The topological polar surface area (TPSA) is 95.9 Å². The van der Waals surface area contributed by atoms with Crippen LogP contribution in [-0.4, -0.2) is 41.6 Å². The summed E-state index contributed by atoms with van der Waals surface area (Å²) in [6.07, 6.45) is 1.00. The fourth-order valence-corrected chi connectivity index (χ4v) is 3.28. The molecule has 1 fully saturated rings. The van der Waals surface area contributed by atoms with Crippen molar-refractivity contribution in [1.29, 1.82) is 0 Å². The van der Waals surface area contributed by atoms with Crippen LogP contribution in [0.2, 0.25) is 0 Å². The second-order valence-electron chi connectivity index (χ2n) is 6.26. The molecule has 7 nitrogen and oxygen atoms in total. The molecule has 0 radical (unpaired) electrons. The highest BCUT2D eigenvalue weighted by Crippen LogP contribution is 2.33.